The summed E-state index contributed by atoms with van der Waals surface area (Å²) >= 11 is 0. The van der Waals surface area contributed by atoms with Crippen molar-refractivity contribution in [2.24, 2.45) is 0 Å². The third-order valence-electron chi connectivity index (χ3n) is 4.96. The first-order valence-electron chi connectivity index (χ1n) is 10.5. The van der Waals surface area contributed by atoms with E-state index in [9.17, 15) is 18.0 Å². The molecule has 8 nitrogen and oxygen atoms in total. The fourth-order valence-corrected chi connectivity index (χ4v) is 4.17. The molecular weight excluding hydrogens is 456 g/mol. The molecule has 0 unspecified atom stereocenters. The summed E-state index contributed by atoms with van der Waals surface area (Å²) in [4.78, 5) is 24.8. The van der Waals surface area contributed by atoms with E-state index in [1.54, 1.807) is 67.8 Å². The molecule has 1 amide bonds. The van der Waals surface area contributed by atoms with E-state index >= 15 is 0 Å². The molecule has 0 aliphatic carbocycles. The van der Waals surface area contributed by atoms with Crippen LogP contribution in [-0.4, -0.2) is 33.4 Å². The van der Waals surface area contributed by atoms with E-state index in [-0.39, 0.29) is 17.4 Å². The number of ether oxygens (including phenoxy) is 2. The maximum absolute atomic E-state index is 12.4. The van der Waals surface area contributed by atoms with Crippen molar-refractivity contribution in [2.75, 3.05) is 12.4 Å². The molecule has 1 atom stereocenters. The van der Waals surface area contributed by atoms with Gasteiger partial charge in [-0.1, -0.05) is 29.8 Å². The van der Waals surface area contributed by atoms with Crippen molar-refractivity contribution in [1.29, 1.82) is 0 Å². The van der Waals surface area contributed by atoms with Crippen LogP contribution < -0.4 is 14.8 Å². The Hall–Kier alpha value is -3.69. The van der Waals surface area contributed by atoms with Crippen molar-refractivity contribution in [3.05, 3.63) is 89.5 Å². The summed E-state index contributed by atoms with van der Waals surface area (Å²) in [7, 11) is -2.29. The van der Waals surface area contributed by atoms with Gasteiger partial charge in [-0.3, -0.25) is 9.59 Å². The van der Waals surface area contributed by atoms with E-state index in [0.29, 0.717) is 22.6 Å². The van der Waals surface area contributed by atoms with Gasteiger partial charge >= 0.3 is 5.97 Å². The Morgan fingerprint density at radius 3 is 2.12 bits per heavy atom. The first-order valence-corrected chi connectivity index (χ1v) is 12.0. The minimum atomic E-state index is -3.85. The monoisotopic (exact) mass is 482 g/mol. The third-order valence-corrected chi connectivity index (χ3v) is 6.52. The molecule has 0 saturated heterocycles. The molecule has 3 aromatic rings. The molecular formula is C25H26N2O6S. The Balaban J connectivity index is 1.52. The van der Waals surface area contributed by atoms with Crippen molar-refractivity contribution in [1.82, 2.24) is 4.72 Å². The number of hydrogen-bond donors (Lipinski definition) is 2. The minimum absolute atomic E-state index is 0.0597. The fraction of sp³-hybridized carbons (Fsp3) is 0.200. The van der Waals surface area contributed by atoms with Crippen LogP contribution in [0.1, 0.15) is 28.4 Å². The van der Waals surface area contributed by atoms with Gasteiger partial charge in [-0.2, -0.15) is 4.72 Å². The molecule has 2 N–H and O–H groups in total. The number of benzene rings is 3. The summed E-state index contributed by atoms with van der Waals surface area (Å²) in [5.74, 6) is -0.306. The molecule has 0 aromatic heterocycles. The van der Waals surface area contributed by atoms with E-state index in [0.717, 1.165) is 5.56 Å². The Labute approximate surface area is 199 Å². The number of amides is 1. The van der Waals surface area contributed by atoms with Gasteiger partial charge in [-0.05, 0) is 67.9 Å². The fourth-order valence-electron chi connectivity index (χ4n) is 2.98. The number of methoxy groups -OCH3 is 1. The first-order chi connectivity index (χ1) is 16.2. The lowest BCUT2D eigenvalue weighted by atomic mass is 10.1. The minimum Gasteiger partial charge on any atom is -0.497 e. The molecule has 0 fully saturated rings. The summed E-state index contributed by atoms with van der Waals surface area (Å²) in [6.07, 6.45) is 0. The maximum atomic E-state index is 12.4. The molecule has 0 spiro atoms. The number of hydrogen-bond acceptors (Lipinski definition) is 6. The zero-order chi connectivity index (χ0) is 24.7. The van der Waals surface area contributed by atoms with Crippen molar-refractivity contribution in [3.8, 4) is 5.75 Å². The molecule has 0 aliphatic rings. The van der Waals surface area contributed by atoms with Crippen LogP contribution in [0.25, 0.3) is 0 Å². The predicted octanol–water partition coefficient (Wildman–Crippen LogP) is 3.67. The zero-order valence-corrected chi connectivity index (χ0v) is 19.9. The predicted molar refractivity (Wildman–Crippen MR) is 128 cm³/mol. The van der Waals surface area contributed by atoms with Gasteiger partial charge in [0, 0.05) is 11.3 Å². The molecule has 0 aliphatic heterocycles. The van der Waals surface area contributed by atoms with E-state index in [1.165, 1.54) is 19.1 Å². The van der Waals surface area contributed by atoms with Gasteiger partial charge in [0.25, 0.3) is 5.91 Å². The number of carbonyl (C=O) groups is 2. The summed E-state index contributed by atoms with van der Waals surface area (Å²) in [6.45, 7) is 3.21. The zero-order valence-electron chi connectivity index (χ0n) is 19.1. The second kappa shape index (κ2) is 11.0. The molecule has 3 aromatic carbocycles. The van der Waals surface area contributed by atoms with Gasteiger partial charge < -0.3 is 14.8 Å². The normalized spacial score (nSPS) is 12.0. The van der Waals surface area contributed by atoms with E-state index in [2.05, 4.69) is 10.0 Å². The number of carbonyl (C=O) groups excluding carboxylic acids is 2. The largest absolute Gasteiger partial charge is 0.497 e. The van der Waals surface area contributed by atoms with Crippen molar-refractivity contribution in [3.63, 3.8) is 0 Å². The molecule has 0 heterocycles. The van der Waals surface area contributed by atoms with Crippen molar-refractivity contribution >= 4 is 27.6 Å². The Morgan fingerprint density at radius 2 is 1.53 bits per heavy atom. The molecule has 3 rings (SSSR count). The first kappa shape index (κ1) is 24.9. The quantitative estimate of drug-likeness (QED) is 0.450. The highest BCUT2D eigenvalue weighted by atomic mass is 32.2. The topological polar surface area (TPSA) is 111 Å². The highest BCUT2D eigenvalue weighted by Gasteiger charge is 2.23. The molecule has 0 saturated carbocycles. The van der Waals surface area contributed by atoms with Crippen LogP contribution in [0.2, 0.25) is 0 Å². The second-order valence-corrected chi connectivity index (χ2v) is 9.36. The van der Waals surface area contributed by atoms with Gasteiger partial charge in [0.05, 0.1) is 12.0 Å². The van der Waals surface area contributed by atoms with Crippen LogP contribution in [-0.2, 0) is 26.2 Å². The van der Waals surface area contributed by atoms with E-state index in [1.807, 2.05) is 6.92 Å². The second-order valence-electron chi connectivity index (χ2n) is 7.64. The number of anilines is 1. The van der Waals surface area contributed by atoms with Crippen molar-refractivity contribution in [2.45, 2.75) is 31.4 Å². The molecule has 9 heteroatoms. The van der Waals surface area contributed by atoms with Crippen LogP contribution in [0.4, 0.5) is 5.69 Å². The molecule has 34 heavy (non-hydrogen) atoms. The Morgan fingerprint density at radius 1 is 0.912 bits per heavy atom. The lowest BCUT2D eigenvalue weighted by molar-refractivity contribution is -0.146. The van der Waals surface area contributed by atoms with Crippen LogP contribution >= 0.6 is 0 Å². The average molecular weight is 483 g/mol. The maximum Gasteiger partial charge on any atom is 0.324 e. The Bertz CT molecular complexity index is 1240. The van der Waals surface area contributed by atoms with Crippen LogP contribution in [0.15, 0.2) is 77.7 Å². The number of nitrogens with one attached hydrogen (secondary N) is 2. The van der Waals surface area contributed by atoms with Crippen LogP contribution in [0, 0.1) is 6.92 Å². The Kier molecular flexibility index (Phi) is 8.04. The lowest BCUT2D eigenvalue weighted by Gasteiger charge is -2.14. The van der Waals surface area contributed by atoms with Gasteiger partial charge in [0.2, 0.25) is 10.0 Å². The number of sulfonamides is 1. The highest BCUT2D eigenvalue weighted by molar-refractivity contribution is 7.89. The number of rotatable bonds is 9. The lowest BCUT2D eigenvalue weighted by Crippen LogP contribution is -2.39. The van der Waals surface area contributed by atoms with Gasteiger partial charge in [0.1, 0.15) is 18.4 Å². The van der Waals surface area contributed by atoms with Crippen LogP contribution in [0.5, 0.6) is 5.75 Å². The van der Waals surface area contributed by atoms with Crippen molar-refractivity contribution < 1.29 is 27.5 Å². The van der Waals surface area contributed by atoms with Crippen LogP contribution in [0.3, 0.4) is 0 Å². The SMILES string of the molecule is COc1ccc(NC(=O)c2ccc(COC(=O)[C@H](C)NS(=O)(=O)c3ccc(C)cc3)cc2)cc1. The number of esters is 1. The smallest absolute Gasteiger partial charge is 0.324 e. The van der Waals surface area contributed by atoms with Gasteiger partial charge in [0.15, 0.2) is 0 Å². The molecule has 0 bridgehead atoms. The van der Waals surface area contributed by atoms with E-state index in [4.69, 9.17) is 9.47 Å². The highest BCUT2D eigenvalue weighted by Crippen LogP contribution is 2.16. The standard InChI is InChI=1S/C25H26N2O6S/c1-17-4-14-23(15-5-17)34(30,31)27-18(2)25(29)33-16-19-6-8-20(9-7-19)24(28)26-21-10-12-22(32-3)13-11-21/h4-15,18,27H,16H2,1-3H3,(H,26,28)/t18-/m0/s1. The molecule has 178 valence electrons. The summed E-state index contributed by atoms with van der Waals surface area (Å²) < 4.78 is 37.5. The summed E-state index contributed by atoms with van der Waals surface area (Å²) in [5, 5.41) is 2.79. The van der Waals surface area contributed by atoms with E-state index < -0.39 is 22.0 Å². The molecule has 0 radical (unpaired) electrons. The summed E-state index contributed by atoms with van der Waals surface area (Å²) in [6, 6.07) is 18.8. The van der Waals surface area contributed by atoms with Gasteiger partial charge in [-0.15, -0.1) is 0 Å². The summed E-state index contributed by atoms with van der Waals surface area (Å²) in [5.41, 5.74) is 2.65. The average Bonchev–Trinajstić information content (AvgIpc) is 2.83. The van der Waals surface area contributed by atoms with Gasteiger partial charge in [-0.25, -0.2) is 8.42 Å². The number of aryl methyl sites for hydroxylation is 1. The third kappa shape index (κ3) is 6.66.